The van der Waals surface area contributed by atoms with E-state index in [-0.39, 0.29) is 24.5 Å². The van der Waals surface area contributed by atoms with Gasteiger partial charge in [-0.25, -0.2) is 0 Å². The number of aliphatic hydroxyl groups is 1. The standard InChI is InChI=1S/C12H22N6O/c1-18(2)12-16-10(13)15-11(17-12)14-9-6-4-3-5-8(9)7-19/h8-9,19H,3-7H2,1-2H3,(H3,13,14,15,16,17). The molecule has 1 aromatic heterocycles. The number of nitrogens with one attached hydrogen (secondary N) is 1. The molecule has 0 radical (unpaired) electrons. The van der Waals surface area contributed by atoms with E-state index in [1.807, 2.05) is 14.1 Å². The molecule has 0 spiro atoms. The summed E-state index contributed by atoms with van der Waals surface area (Å²) in [6.45, 7) is 0.193. The van der Waals surface area contributed by atoms with Gasteiger partial charge >= 0.3 is 0 Å². The van der Waals surface area contributed by atoms with Gasteiger partial charge in [-0.15, -0.1) is 0 Å². The second kappa shape index (κ2) is 6.01. The van der Waals surface area contributed by atoms with E-state index in [9.17, 15) is 5.11 Å². The molecule has 0 bridgehead atoms. The van der Waals surface area contributed by atoms with Crippen molar-refractivity contribution in [2.75, 3.05) is 36.7 Å². The van der Waals surface area contributed by atoms with Crippen LogP contribution in [0.2, 0.25) is 0 Å². The van der Waals surface area contributed by atoms with E-state index < -0.39 is 0 Å². The molecule has 1 saturated carbocycles. The Morgan fingerprint density at radius 3 is 2.68 bits per heavy atom. The third kappa shape index (κ3) is 3.44. The van der Waals surface area contributed by atoms with Gasteiger partial charge in [0, 0.05) is 32.7 Å². The first kappa shape index (κ1) is 13.8. The smallest absolute Gasteiger partial charge is 0.231 e. The van der Waals surface area contributed by atoms with Crippen LogP contribution in [0.5, 0.6) is 0 Å². The van der Waals surface area contributed by atoms with E-state index in [4.69, 9.17) is 5.73 Å². The van der Waals surface area contributed by atoms with Gasteiger partial charge in [-0.1, -0.05) is 12.8 Å². The normalized spacial score (nSPS) is 23.1. The Kier molecular flexibility index (Phi) is 4.36. The van der Waals surface area contributed by atoms with Crippen molar-refractivity contribution in [1.82, 2.24) is 15.0 Å². The summed E-state index contributed by atoms with van der Waals surface area (Å²) >= 11 is 0. The van der Waals surface area contributed by atoms with E-state index in [0.717, 1.165) is 19.3 Å². The lowest BCUT2D eigenvalue weighted by atomic mass is 9.85. The molecule has 1 aliphatic rings. The molecule has 1 aromatic rings. The van der Waals surface area contributed by atoms with Crippen LogP contribution in [0.4, 0.5) is 17.8 Å². The maximum Gasteiger partial charge on any atom is 0.231 e. The predicted octanol–water partition coefficient (Wildman–Crippen LogP) is 0.483. The van der Waals surface area contributed by atoms with Crippen LogP contribution < -0.4 is 16.0 Å². The Bertz CT molecular complexity index is 425. The van der Waals surface area contributed by atoms with Crippen molar-refractivity contribution in [2.45, 2.75) is 31.7 Å². The molecular formula is C12H22N6O. The van der Waals surface area contributed by atoms with Gasteiger partial charge in [0.2, 0.25) is 17.8 Å². The molecule has 2 atom stereocenters. The van der Waals surface area contributed by atoms with Crippen molar-refractivity contribution in [3.8, 4) is 0 Å². The molecule has 19 heavy (non-hydrogen) atoms. The highest BCUT2D eigenvalue weighted by molar-refractivity contribution is 5.41. The number of anilines is 3. The minimum atomic E-state index is 0.193. The Morgan fingerprint density at radius 2 is 2.00 bits per heavy atom. The minimum Gasteiger partial charge on any atom is -0.396 e. The molecule has 0 amide bonds. The van der Waals surface area contributed by atoms with Gasteiger partial charge in [-0.3, -0.25) is 0 Å². The summed E-state index contributed by atoms with van der Waals surface area (Å²) in [6, 6.07) is 0.204. The summed E-state index contributed by atoms with van der Waals surface area (Å²) in [6.07, 6.45) is 4.39. The first-order chi connectivity index (χ1) is 9.10. The van der Waals surface area contributed by atoms with Gasteiger partial charge < -0.3 is 21.1 Å². The number of nitrogens with zero attached hydrogens (tertiary/aromatic N) is 4. The zero-order chi connectivity index (χ0) is 13.8. The summed E-state index contributed by atoms with van der Waals surface area (Å²) < 4.78 is 0. The molecule has 2 unspecified atom stereocenters. The molecule has 1 fully saturated rings. The molecule has 1 heterocycles. The fourth-order valence-electron chi connectivity index (χ4n) is 2.43. The van der Waals surface area contributed by atoms with Crippen LogP contribution in [-0.2, 0) is 0 Å². The van der Waals surface area contributed by atoms with E-state index in [1.165, 1.54) is 6.42 Å². The molecule has 1 aliphatic carbocycles. The Morgan fingerprint density at radius 1 is 1.26 bits per heavy atom. The first-order valence-corrected chi connectivity index (χ1v) is 6.66. The predicted molar refractivity (Wildman–Crippen MR) is 75.0 cm³/mol. The van der Waals surface area contributed by atoms with Gasteiger partial charge in [-0.2, -0.15) is 15.0 Å². The summed E-state index contributed by atoms with van der Waals surface area (Å²) in [5.41, 5.74) is 5.69. The second-order valence-corrected chi connectivity index (χ2v) is 5.19. The fraction of sp³-hybridized carbons (Fsp3) is 0.750. The van der Waals surface area contributed by atoms with Crippen LogP contribution >= 0.6 is 0 Å². The number of hydrogen-bond donors (Lipinski definition) is 3. The van der Waals surface area contributed by atoms with Crippen LogP contribution in [0.25, 0.3) is 0 Å². The molecule has 106 valence electrons. The van der Waals surface area contributed by atoms with Crippen molar-refractivity contribution in [3.63, 3.8) is 0 Å². The fourth-order valence-corrected chi connectivity index (χ4v) is 2.43. The molecule has 4 N–H and O–H groups in total. The third-order valence-corrected chi connectivity index (χ3v) is 3.50. The Balaban J connectivity index is 2.13. The first-order valence-electron chi connectivity index (χ1n) is 6.66. The average molecular weight is 266 g/mol. The van der Waals surface area contributed by atoms with E-state index in [1.54, 1.807) is 4.90 Å². The summed E-state index contributed by atoms with van der Waals surface area (Å²) in [7, 11) is 3.71. The highest BCUT2D eigenvalue weighted by Crippen LogP contribution is 2.26. The molecule has 7 nitrogen and oxygen atoms in total. The van der Waals surface area contributed by atoms with Gasteiger partial charge in [0.1, 0.15) is 0 Å². The van der Waals surface area contributed by atoms with E-state index in [2.05, 4.69) is 20.3 Å². The van der Waals surface area contributed by atoms with Gasteiger partial charge in [0.25, 0.3) is 0 Å². The quantitative estimate of drug-likeness (QED) is 0.729. The van der Waals surface area contributed by atoms with Gasteiger partial charge in [0.15, 0.2) is 0 Å². The van der Waals surface area contributed by atoms with E-state index in [0.29, 0.717) is 11.9 Å². The lowest BCUT2D eigenvalue weighted by Crippen LogP contribution is -2.35. The highest BCUT2D eigenvalue weighted by atomic mass is 16.3. The van der Waals surface area contributed by atoms with Crippen molar-refractivity contribution in [3.05, 3.63) is 0 Å². The number of hydrogen-bond acceptors (Lipinski definition) is 7. The van der Waals surface area contributed by atoms with Crippen molar-refractivity contribution >= 4 is 17.8 Å². The third-order valence-electron chi connectivity index (χ3n) is 3.50. The van der Waals surface area contributed by atoms with Gasteiger partial charge in [-0.05, 0) is 12.8 Å². The molecule has 0 saturated heterocycles. The van der Waals surface area contributed by atoms with Crippen LogP contribution in [0.1, 0.15) is 25.7 Å². The van der Waals surface area contributed by atoms with Crippen LogP contribution in [0.3, 0.4) is 0 Å². The largest absolute Gasteiger partial charge is 0.396 e. The number of rotatable bonds is 4. The lowest BCUT2D eigenvalue weighted by molar-refractivity contribution is 0.178. The maximum absolute atomic E-state index is 9.41. The molecule has 0 aromatic carbocycles. The van der Waals surface area contributed by atoms with Crippen LogP contribution in [0.15, 0.2) is 0 Å². The lowest BCUT2D eigenvalue weighted by Gasteiger charge is -2.30. The van der Waals surface area contributed by atoms with Crippen molar-refractivity contribution < 1.29 is 5.11 Å². The van der Waals surface area contributed by atoms with E-state index >= 15 is 0 Å². The van der Waals surface area contributed by atoms with Crippen LogP contribution in [-0.4, -0.2) is 46.8 Å². The summed E-state index contributed by atoms with van der Waals surface area (Å²) in [5.74, 6) is 1.49. The SMILES string of the molecule is CN(C)c1nc(N)nc(NC2CCCCC2CO)n1. The molecule has 0 aliphatic heterocycles. The number of nitrogens with two attached hydrogens (primary N) is 1. The number of aromatic nitrogens is 3. The highest BCUT2D eigenvalue weighted by Gasteiger charge is 2.25. The van der Waals surface area contributed by atoms with Crippen LogP contribution in [0, 0.1) is 5.92 Å². The Labute approximate surface area is 113 Å². The minimum absolute atomic E-state index is 0.193. The molecule has 2 rings (SSSR count). The number of nitrogen functional groups attached to an aromatic ring is 1. The summed E-state index contributed by atoms with van der Waals surface area (Å²) in [4.78, 5) is 14.3. The van der Waals surface area contributed by atoms with Crippen molar-refractivity contribution in [2.24, 2.45) is 5.92 Å². The average Bonchev–Trinajstić information content (AvgIpc) is 2.38. The van der Waals surface area contributed by atoms with Gasteiger partial charge in [0.05, 0.1) is 0 Å². The number of aliphatic hydroxyl groups excluding tert-OH is 1. The summed E-state index contributed by atoms with van der Waals surface area (Å²) in [5, 5.41) is 12.7. The zero-order valence-corrected chi connectivity index (χ0v) is 11.5. The molecular weight excluding hydrogens is 244 g/mol. The monoisotopic (exact) mass is 266 g/mol. The Hall–Kier alpha value is -1.63. The molecule has 7 heteroatoms. The zero-order valence-electron chi connectivity index (χ0n) is 11.5. The van der Waals surface area contributed by atoms with Crippen molar-refractivity contribution in [1.29, 1.82) is 0 Å². The second-order valence-electron chi connectivity index (χ2n) is 5.19. The maximum atomic E-state index is 9.41. The topological polar surface area (TPSA) is 100 Å².